The monoisotopic (exact) mass is 241 g/mol. The Labute approximate surface area is 101 Å². The van der Waals surface area contributed by atoms with E-state index in [0.717, 1.165) is 17.9 Å². The largest absolute Gasteiger partial charge is 0.492 e. The van der Waals surface area contributed by atoms with E-state index in [1.165, 1.54) is 0 Å². The predicted octanol–water partition coefficient (Wildman–Crippen LogP) is 2.96. The molecular formula is C11H16ClN3O. The maximum atomic E-state index is 5.78. The summed E-state index contributed by atoms with van der Waals surface area (Å²) in [5, 5.41) is 11.3. The highest BCUT2D eigenvalue weighted by Gasteiger charge is 2.11. The van der Waals surface area contributed by atoms with E-state index in [4.69, 9.17) is 16.3 Å². The minimum absolute atomic E-state index is 0.362. The minimum Gasteiger partial charge on any atom is -0.492 e. The fourth-order valence-corrected chi connectivity index (χ4v) is 1.45. The van der Waals surface area contributed by atoms with E-state index in [-0.39, 0.29) is 0 Å². The zero-order valence-corrected chi connectivity index (χ0v) is 10.5. The maximum Gasteiger partial charge on any atom is 0.153 e. The van der Waals surface area contributed by atoms with Gasteiger partial charge in [-0.15, -0.1) is 10.2 Å². The second kappa shape index (κ2) is 6.33. The molecule has 0 spiro atoms. The molecule has 0 fully saturated rings. The maximum absolute atomic E-state index is 5.78. The average molecular weight is 242 g/mol. The van der Waals surface area contributed by atoms with Crippen LogP contribution in [0.25, 0.3) is 5.76 Å². The first-order valence-corrected chi connectivity index (χ1v) is 5.65. The van der Waals surface area contributed by atoms with E-state index >= 15 is 0 Å². The molecule has 0 aliphatic heterocycles. The van der Waals surface area contributed by atoms with Gasteiger partial charge in [0.25, 0.3) is 0 Å². The molecule has 0 bridgehead atoms. The molecule has 0 unspecified atom stereocenters. The van der Waals surface area contributed by atoms with Crippen LogP contribution in [0.4, 0.5) is 5.69 Å². The zero-order chi connectivity index (χ0) is 12.0. The fraction of sp³-hybridized carbons (Fsp3) is 0.455. The van der Waals surface area contributed by atoms with Crippen LogP contribution in [0.3, 0.4) is 0 Å². The molecular weight excluding hydrogens is 226 g/mol. The van der Waals surface area contributed by atoms with Gasteiger partial charge in [0.2, 0.25) is 0 Å². The van der Waals surface area contributed by atoms with Crippen LogP contribution in [-0.2, 0) is 4.74 Å². The number of hydrogen-bond donors (Lipinski definition) is 1. The second-order valence-corrected chi connectivity index (χ2v) is 3.48. The Morgan fingerprint density at radius 2 is 2.25 bits per heavy atom. The van der Waals surface area contributed by atoms with E-state index in [1.807, 2.05) is 27.0 Å². The number of rotatable bonds is 5. The molecule has 0 atom stereocenters. The smallest absolute Gasteiger partial charge is 0.153 e. The van der Waals surface area contributed by atoms with Gasteiger partial charge in [-0.1, -0.05) is 18.5 Å². The molecule has 4 nitrogen and oxygen atoms in total. The molecule has 0 aromatic carbocycles. The third-order valence-corrected chi connectivity index (χ3v) is 2.14. The number of ether oxygens (including phenoxy) is 1. The van der Waals surface area contributed by atoms with Crippen molar-refractivity contribution in [3.63, 3.8) is 0 Å². The molecule has 1 rings (SSSR count). The molecule has 0 amide bonds. The van der Waals surface area contributed by atoms with Gasteiger partial charge in [0.05, 0.1) is 12.3 Å². The Kier molecular flexibility index (Phi) is 5.05. The first-order valence-electron chi connectivity index (χ1n) is 5.27. The van der Waals surface area contributed by atoms with Crippen LogP contribution in [0, 0.1) is 0 Å². The topological polar surface area (TPSA) is 47.0 Å². The molecule has 1 heterocycles. The lowest BCUT2D eigenvalue weighted by molar-refractivity contribution is 0.295. The second-order valence-electron chi connectivity index (χ2n) is 3.09. The van der Waals surface area contributed by atoms with Crippen molar-refractivity contribution < 1.29 is 4.74 Å². The van der Waals surface area contributed by atoms with Gasteiger partial charge in [-0.2, -0.15) is 0 Å². The lowest BCUT2D eigenvalue weighted by atomic mass is 10.2. The Morgan fingerprint density at radius 1 is 1.50 bits per heavy atom. The summed E-state index contributed by atoms with van der Waals surface area (Å²) in [5.74, 6) is 0.735. The number of hydrogen-bond acceptors (Lipinski definition) is 4. The van der Waals surface area contributed by atoms with Gasteiger partial charge in [0.15, 0.2) is 10.8 Å². The molecule has 0 saturated carbocycles. The van der Waals surface area contributed by atoms with E-state index < -0.39 is 0 Å². The lowest BCUT2D eigenvalue weighted by Gasteiger charge is -2.11. The molecule has 88 valence electrons. The van der Waals surface area contributed by atoms with Crippen molar-refractivity contribution in [2.75, 3.05) is 19.0 Å². The highest BCUT2D eigenvalue weighted by molar-refractivity contribution is 6.29. The van der Waals surface area contributed by atoms with E-state index in [2.05, 4.69) is 15.5 Å². The van der Waals surface area contributed by atoms with Crippen LogP contribution < -0.4 is 5.32 Å². The summed E-state index contributed by atoms with van der Waals surface area (Å²) in [5.41, 5.74) is 1.50. The molecule has 16 heavy (non-hydrogen) atoms. The Morgan fingerprint density at radius 3 is 2.81 bits per heavy atom. The SMILES string of the molecule is CC/C=C(/OCC)c1nnc(Cl)cc1NC. The van der Waals surface area contributed by atoms with Gasteiger partial charge in [0, 0.05) is 13.1 Å². The van der Waals surface area contributed by atoms with Crippen molar-refractivity contribution in [2.45, 2.75) is 20.3 Å². The highest BCUT2D eigenvalue weighted by Crippen LogP contribution is 2.24. The third-order valence-electron chi connectivity index (χ3n) is 1.96. The molecule has 0 aliphatic rings. The fourth-order valence-electron chi connectivity index (χ4n) is 1.31. The van der Waals surface area contributed by atoms with Crippen molar-refractivity contribution in [3.8, 4) is 0 Å². The summed E-state index contributed by atoms with van der Waals surface area (Å²) >= 11 is 5.78. The van der Waals surface area contributed by atoms with Gasteiger partial charge >= 0.3 is 0 Å². The van der Waals surface area contributed by atoms with Crippen molar-refractivity contribution in [2.24, 2.45) is 0 Å². The van der Waals surface area contributed by atoms with Gasteiger partial charge in [-0.3, -0.25) is 0 Å². The Hall–Kier alpha value is -1.29. The molecule has 0 aliphatic carbocycles. The van der Waals surface area contributed by atoms with Crippen LogP contribution in [0.1, 0.15) is 26.0 Å². The van der Waals surface area contributed by atoms with Gasteiger partial charge < -0.3 is 10.1 Å². The van der Waals surface area contributed by atoms with Gasteiger partial charge in [-0.05, 0) is 19.4 Å². The van der Waals surface area contributed by atoms with Gasteiger partial charge in [-0.25, -0.2) is 0 Å². The van der Waals surface area contributed by atoms with Crippen LogP contribution in [0.15, 0.2) is 12.1 Å². The molecule has 0 radical (unpaired) electrons. The van der Waals surface area contributed by atoms with Crippen molar-refractivity contribution in [1.82, 2.24) is 10.2 Å². The number of halogens is 1. The Bertz CT molecular complexity index is 379. The highest BCUT2D eigenvalue weighted by atomic mass is 35.5. The molecule has 1 N–H and O–H groups in total. The van der Waals surface area contributed by atoms with Crippen molar-refractivity contribution in [3.05, 3.63) is 23.0 Å². The minimum atomic E-state index is 0.362. The standard InChI is InChI=1S/C11H16ClN3O/c1-4-6-9(16-5-2)11-8(13-3)7-10(12)14-15-11/h6-7H,4-5H2,1-3H3,(H,13,14)/b9-6+. The first kappa shape index (κ1) is 12.8. The van der Waals surface area contributed by atoms with Gasteiger partial charge in [0.1, 0.15) is 5.76 Å². The summed E-state index contributed by atoms with van der Waals surface area (Å²) in [6.07, 6.45) is 2.85. The molecule has 1 aromatic heterocycles. The summed E-state index contributed by atoms with van der Waals surface area (Å²) in [6.45, 7) is 4.58. The number of nitrogens with zero attached hydrogens (tertiary/aromatic N) is 2. The Balaban J connectivity index is 3.13. The van der Waals surface area contributed by atoms with Crippen LogP contribution in [0.2, 0.25) is 5.15 Å². The van der Waals surface area contributed by atoms with Crippen LogP contribution >= 0.6 is 11.6 Å². The summed E-state index contributed by atoms with van der Waals surface area (Å²) in [4.78, 5) is 0. The summed E-state index contributed by atoms with van der Waals surface area (Å²) in [7, 11) is 1.81. The molecule has 0 saturated heterocycles. The zero-order valence-electron chi connectivity index (χ0n) is 9.75. The lowest BCUT2D eigenvalue weighted by Crippen LogP contribution is -2.03. The quantitative estimate of drug-likeness (QED) is 0.806. The number of nitrogens with one attached hydrogen (secondary N) is 1. The number of allylic oxidation sites excluding steroid dienone is 1. The predicted molar refractivity (Wildman–Crippen MR) is 66.5 cm³/mol. The van der Waals surface area contributed by atoms with Crippen molar-refractivity contribution in [1.29, 1.82) is 0 Å². The molecule has 1 aromatic rings. The normalized spacial score (nSPS) is 11.4. The van der Waals surface area contributed by atoms with Crippen molar-refractivity contribution >= 4 is 23.0 Å². The van der Waals surface area contributed by atoms with E-state index in [0.29, 0.717) is 17.5 Å². The average Bonchev–Trinajstić information content (AvgIpc) is 2.28. The van der Waals surface area contributed by atoms with E-state index in [9.17, 15) is 0 Å². The van der Waals surface area contributed by atoms with Crippen LogP contribution in [-0.4, -0.2) is 23.9 Å². The molecule has 5 heteroatoms. The van der Waals surface area contributed by atoms with E-state index in [1.54, 1.807) is 6.07 Å². The third kappa shape index (κ3) is 3.10. The summed E-state index contributed by atoms with van der Waals surface area (Å²) < 4.78 is 5.53. The first-order chi connectivity index (χ1) is 7.72. The number of aromatic nitrogens is 2. The van der Waals surface area contributed by atoms with Crippen LogP contribution in [0.5, 0.6) is 0 Å². The number of anilines is 1. The summed E-state index contributed by atoms with van der Waals surface area (Å²) in [6, 6.07) is 1.73.